The van der Waals surface area contributed by atoms with Crippen molar-refractivity contribution >= 4 is 27.2 Å². The van der Waals surface area contributed by atoms with Crippen molar-refractivity contribution in [3.63, 3.8) is 0 Å². The van der Waals surface area contributed by atoms with E-state index < -0.39 is 0 Å². The number of rotatable bonds is 3. The van der Waals surface area contributed by atoms with Gasteiger partial charge in [-0.2, -0.15) is 0 Å². The third-order valence-corrected chi connectivity index (χ3v) is 4.43. The summed E-state index contributed by atoms with van der Waals surface area (Å²) >= 11 is 0. The molecule has 1 nitrogen and oxygen atoms in total. The average Bonchev–Trinajstić information content (AvgIpc) is 2.62. The molecule has 0 unspecified atom stereocenters. The Bertz CT molecular complexity index is 903. The summed E-state index contributed by atoms with van der Waals surface area (Å²) in [6, 6.07) is 30.3. The second kappa shape index (κ2) is 5.77. The normalized spacial score (nSPS) is 12.4. The van der Waals surface area contributed by atoms with Crippen LogP contribution in [0.1, 0.15) is 18.5 Å². The highest BCUT2D eigenvalue weighted by atomic mass is 14.9. The molecule has 0 heterocycles. The van der Waals surface area contributed by atoms with E-state index in [1.807, 2.05) is 0 Å². The van der Waals surface area contributed by atoms with Gasteiger partial charge < -0.3 is 5.32 Å². The van der Waals surface area contributed by atoms with Gasteiger partial charge in [-0.3, -0.25) is 0 Å². The molecule has 0 spiro atoms. The highest BCUT2D eigenvalue weighted by molar-refractivity contribution is 6.11. The molecule has 4 aromatic carbocycles. The van der Waals surface area contributed by atoms with Crippen molar-refractivity contribution in [3.05, 3.63) is 90.5 Å². The molecule has 4 rings (SSSR count). The first-order valence-corrected chi connectivity index (χ1v) is 8.05. The Labute approximate surface area is 136 Å². The van der Waals surface area contributed by atoms with Crippen LogP contribution in [0.3, 0.4) is 0 Å². The molecular weight excluding hydrogens is 278 g/mol. The van der Waals surface area contributed by atoms with Crippen molar-refractivity contribution in [2.45, 2.75) is 13.0 Å². The van der Waals surface area contributed by atoms with Gasteiger partial charge in [0.2, 0.25) is 0 Å². The van der Waals surface area contributed by atoms with Crippen LogP contribution in [-0.4, -0.2) is 0 Å². The van der Waals surface area contributed by atoms with Gasteiger partial charge in [0.05, 0.1) is 5.69 Å². The molecule has 1 atom stereocenters. The standard InChI is InChI=1S/C22H19N/c1-16(17-9-3-2-4-10-17)23-22-20-13-7-5-11-18(20)15-19-12-6-8-14-21(19)22/h2-16,23H,1H3/t16-/m1/s1. The first-order chi connectivity index (χ1) is 11.3. The molecule has 1 N–H and O–H groups in total. The summed E-state index contributed by atoms with van der Waals surface area (Å²) in [7, 11) is 0. The Morgan fingerprint density at radius 3 is 1.78 bits per heavy atom. The minimum atomic E-state index is 0.255. The van der Waals surface area contributed by atoms with Crippen LogP contribution in [-0.2, 0) is 0 Å². The molecule has 0 fully saturated rings. The Kier molecular flexibility index (Phi) is 3.47. The summed E-state index contributed by atoms with van der Waals surface area (Å²) in [6.45, 7) is 2.21. The molecule has 0 aromatic heterocycles. The van der Waals surface area contributed by atoms with E-state index in [0.29, 0.717) is 0 Å². The lowest BCUT2D eigenvalue weighted by molar-refractivity contribution is 0.889. The largest absolute Gasteiger partial charge is 0.378 e. The Hall–Kier alpha value is -2.80. The maximum Gasteiger partial charge on any atom is 0.0504 e. The zero-order chi connectivity index (χ0) is 15.6. The molecule has 1 heteroatoms. The minimum Gasteiger partial charge on any atom is -0.378 e. The van der Waals surface area contributed by atoms with E-state index in [9.17, 15) is 0 Å². The second-order valence-electron chi connectivity index (χ2n) is 5.97. The van der Waals surface area contributed by atoms with Crippen LogP contribution in [0.15, 0.2) is 84.9 Å². The van der Waals surface area contributed by atoms with Crippen molar-refractivity contribution in [3.8, 4) is 0 Å². The van der Waals surface area contributed by atoms with E-state index in [2.05, 4.69) is 97.2 Å². The molecule has 0 saturated carbocycles. The van der Waals surface area contributed by atoms with Gasteiger partial charge in [-0.05, 0) is 29.3 Å². The number of hydrogen-bond donors (Lipinski definition) is 1. The molecule has 0 bridgehead atoms. The molecule has 0 aliphatic heterocycles. The third kappa shape index (κ3) is 2.55. The Balaban J connectivity index is 1.89. The molecule has 0 amide bonds. The molecule has 0 aliphatic carbocycles. The first-order valence-electron chi connectivity index (χ1n) is 8.05. The topological polar surface area (TPSA) is 12.0 Å². The van der Waals surface area contributed by atoms with E-state index in [1.54, 1.807) is 0 Å². The molecule has 0 radical (unpaired) electrons. The highest BCUT2D eigenvalue weighted by Gasteiger charge is 2.11. The second-order valence-corrected chi connectivity index (χ2v) is 5.97. The summed E-state index contributed by atoms with van der Waals surface area (Å²) in [6.07, 6.45) is 0. The third-order valence-electron chi connectivity index (χ3n) is 4.43. The first kappa shape index (κ1) is 13.8. The lowest BCUT2D eigenvalue weighted by atomic mass is 9.99. The Morgan fingerprint density at radius 1 is 0.652 bits per heavy atom. The van der Waals surface area contributed by atoms with Crippen LogP contribution in [0, 0.1) is 0 Å². The molecule has 112 valence electrons. The minimum absolute atomic E-state index is 0.255. The van der Waals surface area contributed by atoms with Gasteiger partial charge in [0.1, 0.15) is 0 Å². The number of anilines is 1. The van der Waals surface area contributed by atoms with E-state index in [1.165, 1.54) is 32.8 Å². The van der Waals surface area contributed by atoms with Gasteiger partial charge in [-0.1, -0.05) is 78.9 Å². The molecule has 0 saturated heterocycles. The van der Waals surface area contributed by atoms with Crippen LogP contribution >= 0.6 is 0 Å². The van der Waals surface area contributed by atoms with Crippen molar-refractivity contribution < 1.29 is 0 Å². The zero-order valence-electron chi connectivity index (χ0n) is 13.2. The lowest BCUT2D eigenvalue weighted by Crippen LogP contribution is -2.07. The quantitative estimate of drug-likeness (QED) is 0.446. The number of fused-ring (bicyclic) bond motifs is 2. The maximum atomic E-state index is 3.74. The van der Waals surface area contributed by atoms with Crippen LogP contribution in [0.5, 0.6) is 0 Å². The lowest BCUT2D eigenvalue weighted by Gasteiger charge is -2.19. The maximum absolute atomic E-state index is 3.74. The molecule has 23 heavy (non-hydrogen) atoms. The fourth-order valence-electron chi connectivity index (χ4n) is 3.21. The number of benzene rings is 4. The number of hydrogen-bond acceptors (Lipinski definition) is 1. The van der Waals surface area contributed by atoms with Gasteiger partial charge in [0, 0.05) is 16.8 Å². The average molecular weight is 297 g/mol. The summed E-state index contributed by atoms with van der Waals surface area (Å²) < 4.78 is 0. The van der Waals surface area contributed by atoms with Crippen LogP contribution in [0.2, 0.25) is 0 Å². The predicted octanol–water partition coefficient (Wildman–Crippen LogP) is 6.17. The summed E-state index contributed by atoms with van der Waals surface area (Å²) in [5, 5.41) is 8.83. The van der Waals surface area contributed by atoms with Gasteiger partial charge in [0.15, 0.2) is 0 Å². The SMILES string of the molecule is C[C@@H](Nc1c2ccccc2cc2ccccc12)c1ccccc1. The monoisotopic (exact) mass is 297 g/mol. The Morgan fingerprint density at radius 2 is 1.17 bits per heavy atom. The van der Waals surface area contributed by atoms with Crippen molar-refractivity contribution in [1.82, 2.24) is 0 Å². The van der Waals surface area contributed by atoms with E-state index in [0.717, 1.165) is 0 Å². The molecule has 4 aromatic rings. The van der Waals surface area contributed by atoms with Crippen molar-refractivity contribution in [2.75, 3.05) is 5.32 Å². The van der Waals surface area contributed by atoms with E-state index in [4.69, 9.17) is 0 Å². The van der Waals surface area contributed by atoms with Crippen LogP contribution in [0.4, 0.5) is 5.69 Å². The van der Waals surface area contributed by atoms with Gasteiger partial charge >= 0.3 is 0 Å². The molecular formula is C22H19N. The fraction of sp³-hybridized carbons (Fsp3) is 0.0909. The van der Waals surface area contributed by atoms with Gasteiger partial charge in [0.25, 0.3) is 0 Å². The van der Waals surface area contributed by atoms with Crippen molar-refractivity contribution in [2.24, 2.45) is 0 Å². The van der Waals surface area contributed by atoms with E-state index >= 15 is 0 Å². The number of nitrogens with one attached hydrogen (secondary N) is 1. The summed E-state index contributed by atoms with van der Waals surface area (Å²) in [5.74, 6) is 0. The predicted molar refractivity (Wildman–Crippen MR) is 99.9 cm³/mol. The highest BCUT2D eigenvalue weighted by Crippen LogP contribution is 2.34. The summed E-state index contributed by atoms with van der Waals surface area (Å²) in [4.78, 5) is 0. The van der Waals surface area contributed by atoms with Crippen LogP contribution < -0.4 is 5.32 Å². The van der Waals surface area contributed by atoms with Gasteiger partial charge in [-0.25, -0.2) is 0 Å². The zero-order valence-corrected chi connectivity index (χ0v) is 13.2. The summed E-state index contributed by atoms with van der Waals surface area (Å²) in [5.41, 5.74) is 2.51. The van der Waals surface area contributed by atoms with Crippen LogP contribution in [0.25, 0.3) is 21.5 Å². The van der Waals surface area contributed by atoms with Gasteiger partial charge in [-0.15, -0.1) is 0 Å². The van der Waals surface area contributed by atoms with Crippen molar-refractivity contribution in [1.29, 1.82) is 0 Å². The van der Waals surface area contributed by atoms with E-state index in [-0.39, 0.29) is 6.04 Å². The molecule has 0 aliphatic rings. The smallest absolute Gasteiger partial charge is 0.0504 e. The fourth-order valence-corrected chi connectivity index (χ4v) is 3.21.